The van der Waals surface area contributed by atoms with Gasteiger partial charge in [-0.2, -0.15) is 10.4 Å². The molecule has 0 saturated heterocycles. The van der Waals surface area contributed by atoms with Gasteiger partial charge in [-0.1, -0.05) is 18.2 Å². The second kappa shape index (κ2) is 7.09. The van der Waals surface area contributed by atoms with Gasteiger partial charge >= 0.3 is 0 Å². The Balaban J connectivity index is 1.42. The monoisotopic (exact) mass is 360 g/mol. The zero-order valence-electron chi connectivity index (χ0n) is 14.3. The highest BCUT2D eigenvalue weighted by atomic mass is 15.6. The number of benzene rings is 1. The van der Waals surface area contributed by atoms with Crippen molar-refractivity contribution in [3.63, 3.8) is 0 Å². The number of aryl methyl sites for hydroxylation is 1. The highest BCUT2D eigenvalue weighted by Crippen LogP contribution is 2.21. The molecule has 3 heterocycles. The maximum absolute atomic E-state index is 9.44. The first-order chi connectivity index (χ1) is 13.3. The van der Waals surface area contributed by atoms with Crippen molar-refractivity contribution in [3.8, 4) is 11.8 Å². The molecule has 3 aromatic heterocycles. The third-order valence-corrected chi connectivity index (χ3v) is 4.07. The first-order valence-corrected chi connectivity index (χ1v) is 8.38. The first kappa shape index (κ1) is 16.5. The number of nitrogens with one attached hydrogen (secondary N) is 1. The number of hydrogen-bond acceptors (Lipinski definition) is 8. The lowest BCUT2D eigenvalue weighted by atomic mass is 10.1. The van der Waals surface area contributed by atoms with E-state index in [0.29, 0.717) is 41.5 Å². The van der Waals surface area contributed by atoms with Crippen LogP contribution in [0.5, 0.6) is 0 Å². The number of anilines is 2. The van der Waals surface area contributed by atoms with Gasteiger partial charge in [0.25, 0.3) is 0 Å². The Kier molecular flexibility index (Phi) is 4.32. The fourth-order valence-electron chi connectivity index (χ4n) is 2.76. The number of nitrogens with zero attached hydrogens (tertiary/aromatic N) is 8. The van der Waals surface area contributed by atoms with E-state index in [1.807, 2.05) is 36.4 Å². The summed E-state index contributed by atoms with van der Waals surface area (Å²) in [7, 11) is 0. The fraction of sp³-hybridized carbons (Fsp3) is 0.176. The molecule has 10 nitrogen and oxygen atoms in total. The van der Waals surface area contributed by atoms with E-state index in [1.165, 1.54) is 4.63 Å². The molecule has 0 spiro atoms. The summed E-state index contributed by atoms with van der Waals surface area (Å²) in [6, 6.07) is 15.3. The van der Waals surface area contributed by atoms with Gasteiger partial charge in [-0.3, -0.25) is 0 Å². The first-order valence-electron chi connectivity index (χ1n) is 8.38. The molecule has 0 unspecified atom stereocenters. The number of fused-ring (bicyclic) bond motifs is 1. The zero-order chi connectivity index (χ0) is 18.6. The van der Waals surface area contributed by atoms with Crippen LogP contribution in [-0.4, -0.2) is 41.6 Å². The highest BCUT2D eigenvalue weighted by molar-refractivity contribution is 5.56. The van der Waals surface area contributed by atoms with Crippen molar-refractivity contribution in [2.45, 2.75) is 12.8 Å². The van der Waals surface area contributed by atoms with Crippen LogP contribution in [0, 0.1) is 11.3 Å². The number of rotatable bonds is 6. The minimum atomic E-state index is 0.359. The van der Waals surface area contributed by atoms with Crippen molar-refractivity contribution in [1.82, 2.24) is 35.0 Å². The maximum atomic E-state index is 9.44. The van der Waals surface area contributed by atoms with Crippen molar-refractivity contribution in [2.75, 3.05) is 17.6 Å². The number of hydrogen-bond donors (Lipinski definition) is 2. The van der Waals surface area contributed by atoms with Gasteiger partial charge in [-0.25, -0.2) is 4.68 Å². The SMILES string of the molecule is N#Cc1c(CCCNc2ccc3nnnn3n2)nn(-c2ccccc2)c1N. The average Bonchev–Trinajstić information content (AvgIpc) is 3.29. The van der Waals surface area contributed by atoms with E-state index in [0.717, 1.165) is 12.1 Å². The van der Waals surface area contributed by atoms with E-state index in [9.17, 15) is 5.26 Å². The van der Waals surface area contributed by atoms with Gasteiger partial charge in [-0.15, -0.1) is 14.8 Å². The van der Waals surface area contributed by atoms with Crippen LogP contribution in [0.4, 0.5) is 11.6 Å². The standard InChI is InChI=1S/C17H16N10/c18-11-13-14(22-26(17(13)19)12-5-2-1-3-6-12)7-4-10-20-15-8-9-16-21-24-25-27(16)23-15/h1-3,5-6,8-9H,4,7,10,19H2,(H,20,23). The Bertz CT molecular complexity index is 1110. The number of nitrogens with two attached hydrogens (primary N) is 1. The molecule has 4 rings (SSSR count). The zero-order valence-corrected chi connectivity index (χ0v) is 14.3. The van der Waals surface area contributed by atoms with Gasteiger partial charge in [-0.05, 0) is 47.5 Å². The van der Waals surface area contributed by atoms with Crippen LogP contribution in [0.2, 0.25) is 0 Å². The fourth-order valence-corrected chi connectivity index (χ4v) is 2.76. The molecular formula is C17H16N10. The summed E-state index contributed by atoms with van der Waals surface area (Å²) in [4.78, 5) is 0. The van der Waals surface area contributed by atoms with Crippen LogP contribution in [0.25, 0.3) is 11.3 Å². The third kappa shape index (κ3) is 3.25. The molecule has 27 heavy (non-hydrogen) atoms. The number of aromatic nitrogens is 7. The minimum absolute atomic E-state index is 0.359. The normalized spacial score (nSPS) is 10.8. The van der Waals surface area contributed by atoms with Crippen LogP contribution in [0.1, 0.15) is 17.7 Å². The van der Waals surface area contributed by atoms with Gasteiger partial charge in [0.2, 0.25) is 0 Å². The summed E-state index contributed by atoms with van der Waals surface area (Å²) in [5.74, 6) is 1.03. The predicted octanol–water partition coefficient (Wildman–Crippen LogP) is 1.20. The molecule has 0 aliphatic rings. The van der Waals surface area contributed by atoms with E-state index in [4.69, 9.17) is 5.73 Å². The molecule has 0 radical (unpaired) electrons. The van der Waals surface area contributed by atoms with Crippen LogP contribution in [0.15, 0.2) is 42.5 Å². The Labute approximate surface area is 154 Å². The Morgan fingerprint density at radius 2 is 1.96 bits per heavy atom. The topological polar surface area (TPSA) is 136 Å². The Morgan fingerprint density at radius 1 is 1.11 bits per heavy atom. The van der Waals surface area contributed by atoms with E-state index >= 15 is 0 Å². The van der Waals surface area contributed by atoms with Crippen molar-refractivity contribution in [3.05, 3.63) is 53.7 Å². The molecule has 10 heteroatoms. The lowest BCUT2D eigenvalue weighted by Crippen LogP contribution is -2.07. The number of para-hydroxylation sites is 1. The number of nitriles is 1. The third-order valence-electron chi connectivity index (χ3n) is 4.07. The summed E-state index contributed by atoms with van der Waals surface area (Å²) >= 11 is 0. The van der Waals surface area contributed by atoms with Gasteiger partial charge in [0.05, 0.1) is 11.4 Å². The maximum Gasteiger partial charge on any atom is 0.200 e. The summed E-state index contributed by atoms with van der Waals surface area (Å²) in [6.45, 7) is 0.656. The predicted molar refractivity (Wildman–Crippen MR) is 98.1 cm³/mol. The van der Waals surface area contributed by atoms with E-state index < -0.39 is 0 Å². The largest absolute Gasteiger partial charge is 0.382 e. The van der Waals surface area contributed by atoms with E-state index in [-0.39, 0.29) is 0 Å². The molecule has 0 bridgehead atoms. The Morgan fingerprint density at radius 3 is 2.78 bits per heavy atom. The van der Waals surface area contributed by atoms with Gasteiger partial charge < -0.3 is 11.1 Å². The quantitative estimate of drug-likeness (QED) is 0.490. The number of nitrogen functional groups attached to an aromatic ring is 1. The van der Waals surface area contributed by atoms with Crippen molar-refractivity contribution in [1.29, 1.82) is 5.26 Å². The number of tetrazole rings is 1. The van der Waals surface area contributed by atoms with Crippen molar-refractivity contribution >= 4 is 17.3 Å². The molecule has 0 aliphatic carbocycles. The molecule has 0 atom stereocenters. The summed E-state index contributed by atoms with van der Waals surface area (Å²) in [6.07, 6.45) is 1.38. The molecular weight excluding hydrogens is 344 g/mol. The molecule has 134 valence electrons. The van der Waals surface area contributed by atoms with Crippen molar-refractivity contribution < 1.29 is 0 Å². The summed E-state index contributed by atoms with van der Waals surface area (Å²) < 4.78 is 2.97. The molecule has 0 fully saturated rings. The van der Waals surface area contributed by atoms with Crippen LogP contribution >= 0.6 is 0 Å². The molecule has 3 N–H and O–H groups in total. The lowest BCUT2D eigenvalue weighted by molar-refractivity contribution is 0.730. The molecule has 1 aromatic carbocycles. The molecule has 0 aliphatic heterocycles. The smallest absolute Gasteiger partial charge is 0.200 e. The molecule has 0 saturated carbocycles. The minimum Gasteiger partial charge on any atom is -0.382 e. The summed E-state index contributed by atoms with van der Waals surface area (Å²) in [5.41, 5.74) is 8.64. The molecule has 4 aromatic rings. The highest BCUT2D eigenvalue weighted by Gasteiger charge is 2.16. The second-order valence-electron chi connectivity index (χ2n) is 5.84. The van der Waals surface area contributed by atoms with Gasteiger partial charge in [0.15, 0.2) is 5.65 Å². The van der Waals surface area contributed by atoms with E-state index in [2.05, 4.69) is 37.1 Å². The van der Waals surface area contributed by atoms with Crippen molar-refractivity contribution in [2.24, 2.45) is 0 Å². The Hall–Kier alpha value is -4.00. The van der Waals surface area contributed by atoms with Crippen LogP contribution < -0.4 is 11.1 Å². The second-order valence-corrected chi connectivity index (χ2v) is 5.84. The molecule has 0 amide bonds. The van der Waals surface area contributed by atoms with Crippen LogP contribution in [-0.2, 0) is 6.42 Å². The average molecular weight is 360 g/mol. The van der Waals surface area contributed by atoms with Gasteiger partial charge in [0.1, 0.15) is 23.3 Å². The summed E-state index contributed by atoms with van der Waals surface area (Å²) in [5, 5.41) is 32.6. The van der Waals surface area contributed by atoms with E-state index in [1.54, 1.807) is 10.7 Å². The van der Waals surface area contributed by atoms with Gasteiger partial charge in [0, 0.05) is 6.54 Å². The lowest BCUT2D eigenvalue weighted by Gasteiger charge is -2.04. The van der Waals surface area contributed by atoms with Crippen LogP contribution in [0.3, 0.4) is 0 Å².